The average molecular weight is 220 g/mol. The van der Waals surface area contributed by atoms with Crippen LogP contribution in [0.25, 0.3) is 0 Å². The highest BCUT2D eigenvalue weighted by Gasteiger charge is 2.30. The molecule has 1 aromatic heterocycles. The molecule has 3 heteroatoms. The van der Waals surface area contributed by atoms with Crippen molar-refractivity contribution < 1.29 is 4.74 Å². The van der Waals surface area contributed by atoms with Crippen molar-refractivity contribution >= 4 is 0 Å². The smallest absolute Gasteiger partial charge is 0.0618 e. The fourth-order valence-electron chi connectivity index (χ4n) is 1.98. The van der Waals surface area contributed by atoms with Gasteiger partial charge in [0.05, 0.1) is 6.61 Å². The highest BCUT2D eigenvalue weighted by atomic mass is 16.5. The molecular formula is C13H20N2O. The molecule has 1 aliphatic rings. The van der Waals surface area contributed by atoms with Crippen molar-refractivity contribution in [1.29, 1.82) is 0 Å². The highest BCUT2D eigenvalue weighted by Crippen LogP contribution is 2.32. The molecule has 0 saturated heterocycles. The number of methoxy groups -OCH3 is 1. The molecule has 1 fully saturated rings. The van der Waals surface area contributed by atoms with E-state index in [9.17, 15) is 0 Å². The van der Waals surface area contributed by atoms with Crippen LogP contribution in [-0.4, -0.2) is 24.7 Å². The molecule has 16 heavy (non-hydrogen) atoms. The minimum atomic E-state index is 0.512. The predicted molar refractivity (Wildman–Crippen MR) is 64.2 cm³/mol. The van der Waals surface area contributed by atoms with E-state index in [1.807, 2.05) is 12.4 Å². The lowest BCUT2D eigenvalue weighted by Crippen LogP contribution is -2.34. The second-order valence-electron chi connectivity index (χ2n) is 4.58. The molecule has 0 bridgehead atoms. The van der Waals surface area contributed by atoms with Crippen LogP contribution in [0, 0.1) is 12.8 Å². The molecule has 1 N–H and O–H groups in total. The van der Waals surface area contributed by atoms with E-state index in [0.717, 1.165) is 19.1 Å². The van der Waals surface area contributed by atoms with Crippen molar-refractivity contribution in [1.82, 2.24) is 10.3 Å². The maximum Gasteiger partial charge on any atom is 0.0618 e. The Morgan fingerprint density at radius 1 is 1.56 bits per heavy atom. The lowest BCUT2D eigenvalue weighted by Gasteiger charge is -2.17. The van der Waals surface area contributed by atoms with E-state index in [1.54, 1.807) is 7.11 Å². The lowest BCUT2D eigenvalue weighted by atomic mass is 10.1. The maximum absolute atomic E-state index is 5.25. The molecule has 1 atom stereocenters. The molecule has 1 unspecified atom stereocenters. The third-order valence-electron chi connectivity index (χ3n) is 3.23. The highest BCUT2D eigenvalue weighted by molar-refractivity contribution is 5.21. The van der Waals surface area contributed by atoms with Crippen molar-refractivity contribution in [2.75, 3.05) is 13.7 Å². The fraction of sp³-hybridized carbons (Fsp3) is 0.615. The quantitative estimate of drug-likeness (QED) is 0.795. The van der Waals surface area contributed by atoms with E-state index in [0.29, 0.717) is 6.04 Å². The fourth-order valence-corrected chi connectivity index (χ4v) is 1.98. The summed E-state index contributed by atoms with van der Waals surface area (Å²) < 4.78 is 5.25. The number of nitrogens with one attached hydrogen (secondary N) is 1. The molecule has 0 aromatic carbocycles. The van der Waals surface area contributed by atoms with Crippen molar-refractivity contribution in [3.05, 3.63) is 29.6 Å². The first-order chi connectivity index (χ1) is 7.81. The van der Waals surface area contributed by atoms with Crippen LogP contribution in [0.3, 0.4) is 0 Å². The Morgan fingerprint density at radius 3 is 3.00 bits per heavy atom. The first kappa shape index (κ1) is 11.6. The summed E-state index contributed by atoms with van der Waals surface area (Å²) >= 11 is 0. The Morgan fingerprint density at radius 2 is 2.38 bits per heavy atom. The molecule has 2 rings (SSSR count). The van der Waals surface area contributed by atoms with Gasteiger partial charge in [0.15, 0.2) is 0 Å². The minimum Gasteiger partial charge on any atom is -0.383 e. The number of hydrogen-bond donors (Lipinski definition) is 1. The Hall–Kier alpha value is -0.930. The zero-order valence-electron chi connectivity index (χ0n) is 10.1. The minimum absolute atomic E-state index is 0.512. The zero-order valence-corrected chi connectivity index (χ0v) is 10.1. The summed E-state index contributed by atoms with van der Waals surface area (Å²) in [5, 5.41) is 3.59. The Kier molecular flexibility index (Phi) is 3.91. The van der Waals surface area contributed by atoms with E-state index < -0.39 is 0 Å². The van der Waals surface area contributed by atoms with Crippen molar-refractivity contribution in [2.45, 2.75) is 32.4 Å². The number of ether oxygens (including phenoxy) is 1. The third-order valence-corrected chi connectivity index (χ3v) is 3.23. The summed E-state index contributed by atoms with van der Waals surface area (Å²) in [6.45, 7) is 3.83. The SMILES string of the molecule is COCC(NCc1ccncc1C)C1CC1. The first-order valence-electron chi connectivity index (χ1n) is 5.93. The molecule has 1 aliphatic carbocycles. The molecule has 0 radical (unpaired) electrons. The molecule has 3 nitrogen and oxygen atoms in total. The van der Waals surface area contributed by atoms with E-state index in [1.165, 1.54) is 24.0 Å². The van der Waals surface area contributed by atoms with Gasteiger partial charge in [0.2, 0.25) is 0 Å². The molecule has 1 aromatic rings. The second kappa shape index (κ2) is 5.41. The Balaban J connectivity index is 1.87. The largest absolute Gasteiger partial charge is 0.383 e. The van der Waals surface area contributed by atoms with Crippen LogP contribution < -0.4 is 5.32 Å². The van der Waals surface area contributed by atoms with Gasteiger partial charge in [-0.3, -0.25) is 4.98 Å². The van der Waals surface area contributed by atoms with Gasteiger partial charge < -0.3 is 10.1 Å². The van der Waals surface area contributed by atoms with Gasteiger partial charge in [0.1, 0.15) is 0 Å². The molecule has 0 spiro atoms. The molecule has 1 heterocycles. The van der Waals surface area contributed by atoms with Crippen LogP contribution in [0.4, 0.5) is 0 Å². The Labute approximate surface area is 97.2 Å². The number of rotatable bonds is 6. The summed E-state index contributed by atoms with van der Waals surface area (Å²) in [5.41, 5.74) is 2.58. The third kappa shape index (κ3) is 3.03. The number of aryl methyl sites for hydroxylation is 1. The van der Waals surface area contributed by atoms with Crippen LogP contribution in [0.1, 0.15) is 24.0 Å². The van der Waals surface area contributed by atoms with E-state index in [4.69, 9.17) is 4.74 Å². The number of aromatic nitrogens is 1. The standard InChI is InChI=1S/C13H20N2O/c1-10-7-14-6-5-12(10)8-15-13(9-16-2)11-3-4-11/h5-7,11,13,15H,3-4,8-9H2,1-2H3. The monoisotopic (exact) mass is 220 g/mol. The molecular weight excluding hydrogens is 200 g/mol. The zero-order chi connectivity index (χ0) is 11.4. The average Bonchev–Trinajstić information content (AvgIpc) is 3.10. The molecule has 0 amide bonds. The summed E-state index contributed by atoms with van der Waals surface area (Å²) in [5.74, 6) is 0.821. The second-order valence-corrected chi connectivity index (χ2v) is 4.58. The summed E-state index contributed by atoms with van der Waals surface area (Å²) in [6, 6.07) is 2.59. The number of hydrogen-bond acceptors (Lipinski definition) is 3. The van der Waals surface area contributed by atoms with Crippen molar-refractivity contribution in [3.63, 3.8) is 0 Å². The predicted octanol–water partition coefficient (Wildman–Crippen LogP) is 1.90. The number of nitrogens with zero attached hydrogens (tertiary/aromatic N) is 1. The van der Waals surface area contributed by atoms with Gasteiger partial charge in [-0.2, -0.15) is 0 Å². The maximum atomic E-state index is 5.25. The first-order valence-corrected chi connectivity index (χ1v) is 5.93. The summed E-state index contributed by atoms with van der Waals surface area (Å²) in [4.78, 5) is 4.10. The van der Waals surface area contributed by atoms with Crippen LogP contribution in [0.15, 0.2) is 18.5 Å². The normalized spacial score (nSPS) is 17.4. The van der Waals surface area contributed by atoms with Gasteiger partial charge in [-0.1, -0.05) is 0 Å². The van der Waals surface area contributed by atoms with Crippen molar-refractivity contribution in [3.8, 4) is 0 Å². The Bertz CT molecular complexity index is 336. The lowest BCUT2D eigenvalue weighted by molar-refractivity contribution is 0.157. The topological polar surface area (TPSA) is 34.1 Å². The van der Waals surface area contributed by atoms with Gasteiger partial charge in [-0.05, 0) is 42.9 Å². The molecule has 1 saturated carbocycles. The summed E-state index contributed by atoms with van der Waals surface area (Å²) in [7, 11) is 1.77. The van der Waals surface area contributed by atoms with Crippen LogP contribution in [0.2, 0.25) is 0 Å². The van der Waals surface area contributed by atoms with Crippen LogP contribution in [0.5, 0.6) is 0 Å². The number of pyridine rings is 1. The van der Waals surface area contributed by atoms with Gasteiger partial charge >= 0.3 is 0 Å². The van der Waals surface area contributed by atoms with E-state index >= 15 is 0 Å². The van der Waals surface area contributed by atoms with Gasteiger partial charge in [-0.25, -0.2) is 0 Å². The molecule has 0 aliphatic heterocycles. The van der Waals surface area contributed by atoms with Gasteiger partial charge in [0.25, 0.3) is 0 Å². The van der Waals surface area contributed by atoms with Crippen LogP contribution >= 0.6 is 0 Å². The molecule has 88 valence electrons. The summed E-state index contributed by atoms with van der Waals surface area (Å²) in [6.07, 6.45) is 6.46. The van der Waals surface area contributed by atoms with Gasteiger partial charge in [0, 0.05) is 32.1 Å². The van der Waals surface area contributed by atoms with Gasteiger partial charge in [-0.15, -0.1) is 0 Å². The van der Waals surface area contributed by atoms with E-state index in [2.05, 4.69) is 23.3 Å². The van der Waals surface area contributed by atoms with Crippen LogP contribution in [-0.2, 0) is 11.3 Å². The van der Waals surface area contributed by atoms with E-state index in [-0.39, 0.29) is 0 Å². The van der Waals surface area contributed by atoms with Crippen molar-refractivity contribution in [2.24, 2.45) is 5.92 Å².